The highest BCUT2D eigenvalue weighted by Gasteiger charge is 2.27. The van der Waals surface area contributed by atoms with Gasteiger partial charge in [-0.3, -0.25) is 4.98 Å². The van der Waals surface area contributed by atoms with Crippen molar-refractivity contribution in [1.82, 2.24) is 10.3 Å². The number of aromatic nitrogens is 1. The highest BCUT2D eigenvalue weighted by atomic mass is 14.9. The number of nitrogens with zero attached hydrogens (tertiary/aromatic N) is 1. The molecule has 2 nitrogen and oxygen atoms in total. The second kappa shape index (κ2) is 5.92. The fourth-order valence-electron chi connectivity index (χ4n) is 3.64. The minimum Gasteiger partial charge on any atom is -0.310 e. The van der Waals surface area contributed by atoms with Crippen LogP contribution in [0.4, 0.5) is 0 Å². The number of benzene rings is 1. The number of para-hydroxylation sites is 1. The van der Waals surface area contributed by atoms with Gasteiger partial charge in [-0.1, -0.05) is 38.0 Å². The molecule has 20 heavy (non-hydrogen) atoms. The maximum Gasteiger partial charge on any atom is 0.0708 e. The fraction of sp³-hybridized carbons (Fsp3) is 0.500. The Morgan fingerprint density at radius 3 is 2.75 bits per heavy atom. The summed E-state index contributed by atoms with van der Waals surface area (Å²) in [6.07, 6.45) is 5.48. The first-order valence-corrected chi connectivity index (χ1v) is 7.89. The summed E-state index contributed by atoms with van der Waals surface area (Å²) in [5.41, 5.74) is 3.70. The second-order valence-corrected chi connectivity index (χ2v) is 5.95. The summed E-state index contributed by atoms with van der Waals surface area (Å²) in [7, 11) is 0. The van der Waals surface area contributed by atoms with E-state index < -0.39 is 0 Å². The van der Waals surface area contributed by atoms with Crippen molar-refractivity contribution in [3.63, 3.8) is 0 Å². The molecule has 1 heterocycles. The number of hydrogen-bond acceptors (Lipinski definition) is 2. The number of pyridine rings is 1. The van der Waals surface area contributed by atoms with Gasteiger partial charge in [0.2, 0.25) is 0 Å². The van der Waals surface area contributed by atoms with Gasteiger partial charge >= 0.3 is 0 Å². The van der Waals surface area contributed by atoms with Crippen molar-refractivity contribution in [2.45, 2.75) is 45.6 Å². The Kier molecular flexibility index (Phi) is 4.02. The summed E-state index contributed by atoms with van der Waals surface area (Å²) < 4.78 is 0. The van der Waals surface area contributed by atoms with Crippen LogP contribution in [0.3, 0.4) is 0 Å². The molecule has 0 bridgehead atoms. The second-order valence-electron chi connectivity index (χ2n) is 5.95. The molecule has 1 aromatic heterocycles. The van der Waals surface area contributed by atoms with Gasteiger partial charge in [0.05, 0.1) is 5.52 Å². The van der Waals surface area contributed by atoms with Crippen LogP contribution in [0.1, 0.15) is 49.9 Å². The first-order valence-electron chi connectivity index (χ1n) is 7.89. The third-order valence-electron chi connectivity index (χ3n) is 4.51. The standard InChI is InChI=1S/C18H24N2/c1-3-19-18(14-8-4-5-9-14)16-12-13(2)20-17-11-7-6-10-15(16)17/h6-7,10-12,14,18-19H,3-5,8-9H2,1-2H3. The molecule has 1 aliphatic rings. The van der Waals surface area contributed by atoms with Crippen molar-refractivity contribution in [2.24, 2.45) is 5.92 Å². The molecule has 1 N–H and O–H groups in total. The van der Waals surface area contributed by atoms with Crippen LogP contribution in [0.2, 0.25) is 0 Å². The van der Waals surface area contributed by atoms with Gasteiger partial charge in [0, 0.05) is 17.1 Å². The van der Waals surface area contributed by atoms with Crippen molar-refractivity contribution in [2.75, 3.05) is 6.54 Å². The average molecular weight is 268 g/mol. The molecule has 1 atom stereocenters. The Hall–Kier alpha value is -1.41. The van der Waals surface area contributed by atoms with E-state index >= 15 is 0 Å². The number of fused-ring (bicyclic) bond motifs is 1. The third-order valence-corrected chi connectivity index (χ3v) is 4.51. The van der Waals surface area contributed by atoms with Crippen LogP contribution in [0.5, 0.6) is 0 Å². The van der Waals surface area contributed by atoms with E-state index in [2.05, 4.69) is 54.5 Å². The first kappa shape index (κ1) is 13.6. The molecule has 1 saturated carbocycles. The molecular formula is C18H24N2. The predicted octanol–water partition coefficient (Wildman–Crippen LogP) is 4.38. The first-order chi connectivity index (χ1) is 9.79. The van der Waals surface area contributed by atoms with E-state index in [1.165, 1.54) is 36.6 Å². The zero-order valence-electron chi connectivity index (χ0n) is 12.5. The SMILES string of the molecule is CCNC(c1cc(C)nc2ccccc12)C1CCCC1. The van der Waals surface area contributed by atoms with E-state index in [1.54, 1.807) is 0 Å². The number of hydrogen-bond donors (Lipinski definition) is 1. The number of rotatable bonds is 4. The molecule has 0 radical (unpaired) electrons. The maximum atomic E-state index is 4.68. The van der Waals surface area contributed by atoms with Crippen LogP contribution in [0.25, 0.3) is 10.9 Å². The van der Waals surface area contributed by atoms with Crippen LogP contribution >= 0.6 is 0 Å². The Morgan fingerprint density at radius 1 is 1.25 bits per heavy atom. The van der Waals surface area contributed by atoms with Crippen molar-refractivity contribution < 1.29 is 0 Å². The minimum absolute atomic E-state index is 0.481. The van der Waals surface area contributed by atoms with Crippen LogP contribution < -0.4 is 5.32 Å². The molecule has 0 spiro atoms. The molecule has 106 valence electrons. The van der Waals surface area contributed by atoms with E-state index in [0.29, 0.717) is 6.04 Å². The number of nitrogens with one attached hydrogen (secondary N) is 1. The lowest BCUT2D eigenvalue weighted by Crippen LogP contribution is -2.27. The Bertz CT molecular complexity index is 585. The van der Waals surface area contributed by atoms with Gasteiger partial charge in [-0.05, 0) is 49.9 Å². The lowest BCUT2D eigenvalue weighted by Gasteiger charge is -2.26. The largest absolute Gasteiger partial charge is 0.310 e. The molecule has 0 amide bonds. The van der Waals surface area contributed by atoms with Gasteiger partial charge < -0.3 is 5.32 Å². The van der Waals surface area contributed by atoms with Crippen molar-refractivity contribution in [1.29, 1.82) is 0 Å². The van der Waals surface area contributed by atoms with Crippen LogP contribution in [0, 0.1) is 12.8 Å². The molecule has 1 aliphatic carbocycles. The zero-order valence-corrected chi connectivity index (χ0v) is 12.5. The molecule has 1 aromatic carbocycles. The van der Waals surface area contributed by atoms with Crippen molar-refractivity contribution in [3.8, 4) is 0 Å². The normalized spacial score (nSPS) is 17.7. The zero-order chi connectivity index (χ0) is 13.9. The lowest BCUT2D eigenvalue weighted by atomic mass is 9.89. The quantitative estimate of drug-likeness (QED) is 0.890. The van der Waals surface area contributed by atoms with E-state index in [-0.39, 0.29) is 0 Å². The smallest absolute Gasteiger partial charge is 0.0708 e. The molecule has 2 aromatic rings. The molecule has 2 heteroatoms. The number of aryl methyl sites for hydroxylation is 1. The van der Waals surface area contributed by atoms with Crippen molar-refractivity contribution >= 4 is 10.9 Å². The highest BCUT2D eigenvalue weighted by molar-refractivity contribution is 5.82. The molecule has 0 saturated heterocycles. The fourth-order valence-corrected chi connectivity index (χ4v) is 3.64. The van der Waals surface area contributed by atoms with Gasteiger partial charge in [-0.2, -0.15) is 0 Å². The summed E-state index contributed by atoms with van der Waals surface area (Å²) in [6, 6.07) is 11.3. The lowest BCUT2D eigenvalue weighted by molar-refractivity contribution is 0.376. The predicted molar refractivity (Wildman–Crippen MR) is 84.9 cm³/mol. The van der Waals surface area contributed by atoms with Crippen molar-refractivity contribution in [3.05, 3.63) is 41.6 Å². The third kappa shape index (κ3) is 2.57. The summed E-state index contributed by atoms with van der Waals surface area (Å²) in [6.45, 7) is 5.34. The molecular weight excluding hydrogens is 244 g/mol. The monoisotopic (exact) mass is 268 g/mol. The van der Waals surface area contributed by atoms with Crippen LogP contribution in [-0.4, -0.2) is 11.5 Å². The van der Waals surface area contributed by atoms with E-state index in [0.717, 1.165) is 23.7 Å². The summed E-state index contributed by atoms with van der Waals surface area (Å²) in [5, 5.41) is 5.05. The molecule has 3 rings (SSSR count). The maximum absolute atomic E-state index is 4.68. The van der Waals surface area contributed by atoms with Gasteiger partial charge in [0.15, 0.2) is 0 Å². The Labute approximate surface area is 121 Å². The average Bonchev–Trinajstić information content (AvgIpc) is 2.98. The summed E-state index contributed by atoms with van der Waals surface area (Å²) in [4.78, 5) is 4.68. The van der Waals surface area contributed by atoms with Gasteiger partial charge in [0.1, 0.15) is 0 Å². The van der Waals surface area contributed by atoms with Gasteiger partial charge in [-0.15, -0.1) is 0 Å². The van der Waals surface area contributed by atoms with Gasteiger partial charge in [-0.25, -0.2) is 0 Å². The van der Waals surface area contributed by atoms with E-state index in [9.17, 15) is 0 Å². The highest BCUT2D eigenvalue weighted by Crippen LogP contribution is 2.38. The minimum atomic E-state index is 0.481. The Morgan fingerprint density at radius 2 is 2.00 bits per heavy atom. The molecule has 1 fully saturated rings. The molecule has 0 aliphatic heterocycles. The summed E-state index contributed by atoms with van der Waals surface area (Å²) >= 11 is 0. The topological polar surface area (TPSA) is 24.9 Å². The van der Waals surface area contributed by atoms with E-state index in [1.807, 2.05) is 0 Å². The van der Waals surface area contributed by atoms with Crippen LogP contribution in [-0.2, 0) is 0 Å². The van der Waals surface area contributed by atoms with E-state index in [4.69, 9.17) is 0 Å². The summed E-state index contributed by atoms with van der Waals surface area (Å²) in [5.74, 6) is 0.778. The van der Waals surface area contributed by atoms with Gasteiger partial charge in [0.25, 0.3) is 0 Å². The van der Waals surface area contributed by atoms with Crippen LogP contribution in [0.15, 0.2) is 30.3 Å². The Balaban J connectivity index is 2.09. The molecule has 1 unspecified atom stereocenters.